The van der Waals surface area contributed by atoms with Crippen LogP contribution in [-0.2, 0) is 16.0 Å². The van der Waals surface area contributed by atoms with Crippen LogP contribution in [0.1, 0.15) is 57.6 Å². The maximum Gasteiger partial charge on any atom is 0.349 e. The number of rotatable bonds is 8. The van der Waals surface area contributed by atoms with Crippen LogP contribution in [0.15, 0.2) is 23.8 Å². The van der Waals surface area contributed by atoms with Crippen molar-refractivity contribution in [1.29, 1.82) is 5.26 Å². The zero-order chi connectivity index (χ0) is 19.1. The molecule has 0 radical (unpaired) electrons. The number of esters is 1. The second-order valence-corrected chi connectivity index (χ2v) is 7.04. The highest BCUT2D eigenvalue weighted by molar-refractivity contribution is 6.03. The quantitative estimate of drug-likeness (QED) is 0.377. The van der Waals surface area contributed by atoms with Gasteiger partial charge in [0.15, 0.2) is 0 Å². The number of hydrogen-bond acceptors (Lipinski definition) is 4. The summed E-state index contributed by atoms with van der Waals surface area (Å²) in [6.07, 6.45) is 5.10. The van der Waals surface area contributed by atoms with Crippen LogP contribution in [0, 0.1) is 23.2 Å². The van der Waals surface area contributed by atoms with Gasteiger partial charge in [-0.3, -0.25) is 0 Å². The number of nitrogens with zero attached hydrogens (tertiary/aromatic N) is 1. The molecule has 26 heavy (non-hydrogen) atoms. The van der Waals surface area contributed by atoms with Crippen LogP contribution in [0.4, 0.5) is 0 Å². The third kappa shape index (κ3) is 4.46. The fraction of sp³-hybridized carbons (Fsp3) is 0.545. The van der Waals surface area contributed by atoms with Crippen LogP contribution in [0.5, 0.6) is 5.75 Å². The molecule has 0 amide bonds. The SMILES string of the molecule is CCCCC(CC)COC(=O)C(C#N)=C1c2ccc(OC)cc2CC1C. The van der Waals surface area contributed by atoms with E-state index in [0.29, 0.717) is 12.5 Å². The number of carbonyl (C=O) groups is 1. The monoisotopic (exact) mass is 355 g/mol. The van der Waals surface area contributed by atoms with Crippen LogP contribution >= 0.6 is 0 Å². The Balaban J connectivity index is 2.21. The number of fused-ring (bicyclic) bond motifs is 1. The largest absolute Gasteiger partial charge is 0.497 e. The third-order valence-electron chi connectivity index (χ3n) is 5.20. The fourth-order valence-corrected chi connectivity index (χ4v) is 3.59. The molecule has 0 saturated carbocycles. The van der Waals surface area contributed by atoms with Crippen LogP contribution in [0.2, 0.25) is 0 Å². The number of carbonyl (C=O) groups excluding carboxylic acids is 1. The van der Waals surface area contributed by atoms with Crippen molar-refractivity contribution in [2.75, 3.05) is 13.7 Å². The van der Waals surface area contributed by atoms with Gasteiger partial charge in [-0.2, -0.15) is 5.26 Å². The Morgan fingerprint density at radius 2 is 2.15 bits per heavy atom. The lowest BCUT2D eigenvalue weighted by atomic mass is 9.96. The van der Waals surface area contributed by atoms with Gasteiger partial charge < -0.3 is 9.47 Å². The zero-order valence-electron chi connectivity index (χ0n) is 16.3. The Kier molecular flexibility index (Phi) is 7.26. The van der Waals surface area contributed by atoms with E-state index in [1.54, 1.807) is 7.11 Å². The van der Waals surface area contributed by atoms with Crippen molar-refractivity contribution < 1.29 is 14.3 Å². The molecule has 4 heteroatoms. The van der Waals surface area contributed by atoms with E-state index in [0.717, 1.165) is 54.6 Å². The van der Waals surface area contributed by atoms with Crippen LogP contribution in [-0.4, -0.2) is 19.7 Å². The van der Waals surface area contributed by atoms with Gasteiger partial charge in [-0.05, 0) is 53.5 Å². The first-order valence-corrected chi connectivity index (χ1v) is 9.54. The highest BCUT2D eigenvalue weighted by Gasteiger charge is 2.30. The van der Waals surface area contributed by atoms with Crippen LogP contribution < -0.4 is 4.74 Å². The predicted octanol–water partition coefficient (Wildman–Crippen LogP) is 4.92. The van der Waals surface area contributed by atoms with E-state index in [1.807, 2.05) is 25.1 Å². The molecule has 1 aromatic carbocycles. The average Bonchev–Trinajstić information content (AvgIpc) is 2.97. The molecule has 0 saturated heterocycles. The lowest BCUT2D eigenvalue weighted by molar-refractivity contribution is -0.140. The predicted molar refractivity (Wildman–Crippen MR) is 103 cm³/mol. The molecule has 1 aliphatic rings. The lowest BCUT2D eigenvalue weighted by Gasteiger charge is -2.15. The first kappa shape index (κ1) is 20.0. The standard InChI is InChI=1S/C22H29NO3/c1-5-7-8-16(6-2)14-26-22(24)20(13-23)21-15(3)11-17-12-18(25-4)9-10-19(17)21/h9-10,12,15-16H,5-8,11,14H2,1-4H3. The number of ether oxygens (including phenoxy) is 2. The van der Waals surface area contributed by atoms with Gasteiger partial charge in [0.25, 0.3) is 0 Å². The van der Waals surface area contributed by atoms with Crippen LogP contribution in [0.3, 0.4) is 0 Å². The minimum atomic E-state index is -0.493. The van der Waals surface area contributed by atoms with Gasteiger partial charge in [-0.15, -0.1) is 0 Å². The summed E-state index contributed by atoms with van der Waals surface area (Å²) in [5.41, 5.74) is 3.02. The Morgan fingerprint density at radius 3 is 2.77 bits per heavy atom. The van der Waals surface area contributed by atoms with Crippen molar-refractivity contribution in [1.82, 2.24) is 0 Å². The first-order chi connectivity index (χ1) is 12.5. The molecule has 2 rings (SSSR count). The second-order valence-electron chi connectivity index (χ2n) is 7.04. The molecular weight excluding hydrogens is 326 g/mol. The zero-order valence-corrected chi connectivity index (χ0v) is 16.3. The number of allylic oxidation sites excluding steroid dienone is 1. The van der Waals surface area contributed by atoms with E-state index >= 15 is 0 Å². The second kappa shape index (κ2) is 9.43. The smallest absolute Gasteiger partial charge is 0.349 e. The van der Waals surface area contributed by atoms with Gasteiger partial charge in [0.05, 0.1) is 13.7 Å². The summed E-state index contributed by atoms with van der Waals surface area (Å²) < 4.78 is 10.8. The number of nitriles is 1. The molecule has 4 nitrogen and oxygen atoms in total. The van der Waals surface area contributed by atoms with Gasteiger partial charge >= 0.3 is 5.97 Å². The van der Waals surface area contributed by atoms with Gasteiger partial charge in [-0.25, -0.2) is 4.79 Å². The van der Waals surface area contributed by atoms with Crippen molar-refractivity contribution in [3.63, 3.8) is 0 Å². The van der Waals surface area contributed by atoms with Crippen molar-refractivity contribution in [3.05, 3.63) is 34.9 Å². The van der Waals surface area contributed by atoms with E-state index in [4.69, 9.17) is 9.47 Å². The Bertz CT molecular complexity index is 715. The summed E-state index contributed by atoms with van der Waals surface area (Å²) in [5, 5.41) is 9.63. The summed E-state index contributed by atoms with van der Waals surface area (Å²) in [6.45, 7) is 6.70. The molecule has 0 N–H and O–H groups in total. The Labute approximate surface area is 156 Å². The fourth-order valence-electron chi connectivity index (χ4n) is 3.59. The number of unbranched alkanes of at least 4 members (excludes halogenated alkanes) is 1. The Morgan fingerprint density at radius 1 is 1.38 bits per heavy atom. The molecule has 1 aliphatic carbocycles. The third-order valence-corrected chi connectivity index (χ3v) is 5.20. The van der Waals surface area contributed by atoms with Gasteiger partial charge in [0, 0.05) is 0 Å². The lowest BCUT2D eigenvalue weighted by Crippen LogP contribution is -2.16. The summed E-state index contributed by atoms with van der Waals surface area (Å²) >= 11 is 0. The van der Waals surface area contributed by atoms with Crippen molar-refractivity contribution >= 4 is 11.5 Å². The molecule has 0 heterocycles. The topological polar surface area (TPSA) is 59.3 Å². The molecular formula is C22H29NO3. The van der Waals surface area contributed by atoms with E-state index < -0.39 is 5.97 Å². The Hall–Kier alpha value is -2.28. The van der Waals surface area contributed by atoms with Gasteiger partial charge in [0.1, 0.15) is 17.4 Å². The summed E-state index contributed by atoms with van der Waals surface area (Å²) in [7, 11) is 1.64. The average molecular weight is 355 g/mol. The molecule has 0 aliphatic heterocycles. The molecule has 0 aromatic heterocycles. The summed E-state index contributed by atoms with van der Waals surface area (Å²) in [5.74, 6) is 0.774. The molecule has 2 unspecified atom stereocenters. The molecule has 140 valence electrons. The van der Waals surface area contributed by atoms with E-state index in [-0.39, 0.29) is 11.5 Å². The van der Waals surface area contributed by atoms with Gasteiger partial charge in [-0.1, -0.05) is 46.1 Å². The highest BCUT2D eigenvalue weighted by atomic mass is 16.5. The molecule has 0 fully saturated rings. The summed E-state index contributed by atoms with van der Waals surface area (Å²) in [4.78, 5) is 12.6. The molecule has 1 aromatic rings. The summed E-state index contributed by atoms with van der Waals surface area (Å²) in [6, 6.07) is 7.89. The maximum absolute atomic E-state index is 12.6. The van der Waals surface area contributed by atoms with Crippen LogP contribution in [0.25, 0.3) is 5.57 Å². The van der Waals surface area contributed by atoms with Crippen molar-refractivity contribution in [2.24, 2.45) is 11.8 Å². The van der Waals surface area contributed by atoms with E-state index in [1.165, 1.54) is 0 Å². The first-order valence-electron chi connectivity index (χ1n) is 9.54. The normalized spacial score (nSPS) is 18.7. The van der Waals surface area contributed by atoms with Crippen molar-refractivity contribution in [2.45, 2.75) is 52.9 Å². The minimum Gasteiger partial charge on any atom is -0.497 e. The number of hydrogen-bond donors (Lipinski definition) is 0. The van der Waals surface area contributed by atoms with E-state index in [2.05, 4.69) is 19.9 Å². The van der Waals surface area contributed by atoms with E-state index in [9.17, 15) is 10.1 Å². The van der Waals surface area contributed by atoms with Crippen molar-refractivity contribution in [3.8, 4) is 11.8 Å². The molecule has 2 atom stereocenters. The highest BCUT2D eigenvalue weighted by Crippen LogP contribution is 2.40. The van der Waals surface area contributed by atoms with Gasteiger partial charge in [0.2, 0.25) is 0 Å². The number of methoxy groups -OCH3 is 1. The maximum atomic E-state index is 12.6. The minimum absolute atomic E-state index is 0.112. The number of benzene rings is 1. The molecule has 0 spiro atoms. The molecule has 0 bridgehead atoms.